The van der Waals surface area contributed by atoms with Crippen LogP contribution >= 0.6 is 0 Å². The standard InChI is InChI=1S/C27H26N2O7/c1-13-23(33)21(15(3)30)25-22(24(13)34)27(4)18(36-25)12-17(31)20(26(27)35)14(2)28-11-10-19(32)29-16-8-6-5-7-9-16/h5-9,12,28,33-34H,10-11H2,1-4H3,(H,29,32)/b20-14+/t27-/m1/s1. The molecule has 9 nitrogen and oxygen atoms in total. The zero-order valence-corrected chi connectivity index (χ0v) is 20.3. The van der Waals surface area contributed by atoms with Gasteiger partial charge in [0.25, 0.3) is 0 Å². The molecule has 2 aromatic rings. The molecular weight excluding hydrogens is 464 g/mol. The monoisotopic (exact) mass is 490 g/mol. The van der Waals surface area contributed by atoms with Crippen molar-refractivity contribution in [2.24, 2.45) is 0 Å². The molecule has 0 saturated heterocycles. The molecule has 0 saturated carbocycles. The van der Waals surface area contributed by atoms with Crippen LogP contribution in [0, 0.1) is 6.92 Å². The lowest BCUT2D eigenvalue weighted by Gasteiger charge is -2.29. The Balaban J connectivity index is 1.63. The molecule has 1 atom stereocenters. The van der Waals surface area contributed by atoms with Crippen molar-refractivity contribution in [3.05, 3.63) is 70.1 Å². The lowest BCUT2D eigenvalue weighted by atomic mass is 9.70. The van der Waals surface area contributed by atoms with E-state index in [1.807, 2.05) is 6.07 Å². The van der Waals surface area contributed by atoms with Gasteiger partial charge in [0.1, 0.15) is 34.0 Å². The second-order valence-corrected chi connectivity index (χ2v) is 8.98. The van der Waals surface area contributed by atoms with Crippen LogP contribution in [0.1, 0.15) is 48.7 Å². The Bertz CT molecular complexity index is 1390. The number of amides is 1. The van der Waals surface area contributed by atoms with Gasteiger partial charge in [0.15, 0.2) is 17.3 Å². The first kappa shape index (κ1) is 24.7. The van der Waals surface area contributed by atoms with E-state index in [0.717, 1.165) is 6.08 Å². The molecule has 186 valence electrons. The maximum absolute atomic E-state index is 13.7. The number of phenols is 2. The number of fused-ring (bicyclic) bond motifs is 3. The van der Waals surface area contributed by atoms with E-state index in [4.69, 9.17) is 4.74 Å². The fraction of sp³-hybridized carbons (Fsp3) is 0.259. The number of allylic oxidation sites excluding steroid dienone is 4. The van der Waals surface area contributed by atoms with Crippen molar-refractivity contribution in [1.82, 2.24) is 5.32 Å². The number of nitrogens with one attached hydrogen (secondary N) is 2. The molecule has 1 aliphatic carbocycles. The van der Waals surface area contributed by atoms with Gasteiger partial charge in [-0.15, -0.1) is 0 Å². The molecule has 1 aliphatic heterocycles. The maximum Gasteiger partial charge on any atom is 0.226 e. The molecule has 0 spiro atoms. The summed E-state index contributed by atoms with van der Waals surface area (Å²) in [7, 11) is 0. The third-order valence-corrected chi connectivity index (χ3v) is 6.56. The summed E-state index contributed by atoms with van der Waals surface area (Å²) in [4.78, 5) is 51.1. The molecule has 1 heterocycles. The van der Waals surface area contributed by atoms with Gasteiger partial charge in [0, 0.05) is 36.0 Å². The number of benzene rings is 2. The fourth-order valence-electron chi connectivity index (χ4n) is 4.56. The van der Waals surface area contributed by atoms with Gasteiger partial charge >= 0.3 is 0 Å². The Kier molecular flexibility index (Phi) is 6.17. The maximum atomic E-state index is 13.7. The smallest absolute Gasteiger partial charge is 0.226 e. The number of rotatable bonds is 6. The van der Waals surface area contributed by atoms with Gasteiger partial charge in [0.05, 0.1) is 11.1 Å². The summed E-state index contributed by atoms with van der Waals surface area (Å²) >= 11 is 0. The first-order valence-corrected chi connectivity index (χ1v) is 11.4. The van der Waals surface area contributed by atoms with E-state index in [-0.39, 0.29) is 64.1 Å². The molecule has 0 unspecified atom stereocenters. The van der Waals surface area contributed by atoms with Crippen LogP contribution in [0.3, 0.4) is 0 Å². The number of hydrogen-bond donors (Lipinski definition) is 4. The van der Waals surface area contributed by atoms with Crippen molar-refractivity contribution in [3.8, 4) is 17.2 Å². The highest BCUT2D eigenvalue weighted by atomic mass is 16.5. The minimum Gasteiger partial charge on any atom is -0.507 e. The topological polar surface area (TPSA) is 142 Å². The lowest BCUT2D eigenvalue weighted by molar-refractivity contribution is -0.123. The van der Waals surface area contributed by atoms with E-state index in [9.17, 15) is 29.4 Å². The molecule has 0 bridgehead atoms. The average Bonchev–Trinajstić information content (AvgIpc) is 3.11. The van der Waals surface area contributed by atoms with E-state index in [1.165, 1.54) is 20.8 Å². The highest BCUT2D eigenvalue weighted by molar-refractivity contribution is 6.31. The summed E-state index contributed by atoms with van der Waals surface area (Å²) in [6, 6.07) is 8.96. The van der Waals surface area contributed by atoms with Crippen molar-refractivity contribution in [2.75, 3.05) is 11.9 Å². The van der Waals surface area contributed by atoms with Gasteiger partial charge < -0.3 is 25.6 Å². The van der Waals surface area contributed by atoms with Crippen LogP contribution in [0.15, 0.2) is 53.4 Å². The molecule has 0 radical (unpaired) electrons. The average molecular weight is 491 g/mol. The minimum absolute atomic E-state index is 0.0271. The second kappa shape index (κ2) is 8.99. The summed E-state index contributed by atoms with van der Waals surface area (Å²) < 4.78 is 5.74. The van der Waals surface area contributed by atoms with Crippen molar-refractivity contribution in [3.63, 3.8) is 0 Å². The normalized spacial score (nSPS) is 19.6. The van der Waals surface area contributed by atoms with Gasteiger partial charge in [-0.2, -0.15) is 0 Å². The van der Waals surface area contributed by atoms with Crippen LogP contribution < -0.4 is 15.4 Å². The molecule has 0 aromatic heterocycles. The number of anilines is 1. The van der Waals surface area contributed by atoms with Gasteiger partial charge in [0.2, 0.25) is 5.91 Å². The summed E-state index contributed by atoms with van der Waals surface area (Å²) in [5.41, 5.74) is -0.911. The number of para-hydroxylation sites is 1. The molecule has 9 heteroatoms. The number of carbonyl (C=O) groups is 4. The Morgan fingerprint density at radius 2 is 1.72 bits per heavy atom. The van der Waals surface area contributed by atoms with E-state index in [2.05, 4.69) is 10.6 Å². The number of carbonyl (C=O) groups excluding carboxylic acids is 4. The molecule has 0 fully saturated rings. The zero-order chi connectivity index (χ0) is 26.4. The van der Waals surface area contributed by atoms with Crippen LogP contribution in [-0.2, 0) is 19.8 Å². The third-order valence-electron chi connectivity index (χ3n) is 6.56. The predicted octanol–water partition coefficient (Wildman–Crippen LogP) is 3.19. The molecule has 36 heavy (non-hydrogen) atoms. The largest absolute Gasteiger partial charge is 0.507 e. The van der Waals surface area contributed by atoms with Gasteiger partial charge in [-0.1, -0.05) is 18.2 Å². The number of aromatic hydroxyl groups is 2. The number of phenolic OH excluding ortho intramolecular Hbond substituents is 2. The minimum atomic E-state index is -1.58. The Morgan fingerprint density at radius 3 is 2.36 bits per heavy atom. The van der Waals surface area contributed by atoms with E-state index in [0.29, 0.717) is 5.69 Å². The van der Waals surface area contributed by atoms with Crippen molar-refractivity contribution in [2.45, 2.75) is 39.5 Å². The fourth-order valence-corrected chi connectivity index (χ4v) is 4.56. The molecule has 2 aromatic carbocycles. The number of Topliss-reactive ketones (excluding diaryl/α,β-unsaturated/α-hetero) is 2. The number of ether oxygens (including phenoxy) is 1. The molecule has 4 rings (SSSR count). The number of hydrogen-bond acceptors (Lipinski definition) is 8. The summed E-state index contributed by atoms with van der Waals surface area (Å²) in [6.45, 7) is 5.88. The van der Waals surface area contributed by atoms with Crippen molar-refractivity contribution < 1.29 is 34.1 Å². The summed E-state index contributed by atoms with van der Waals surface area (Å²) in [5.74, 6) is -2.99. The van der Waals surface area contributed by atoms with E-state index < -0.39 is 28.5 Å². The van der Waals surface area contributed by atoms with Crippen LogP contribution in [-0.4, -0.2) is 40.0 Å². The van der Waals surface area contributed by atoms with Crippen molar-refractivity contribution in [1.29, 1.82) is 0 Å². The predicted molar refractivity (Wildman–Crippen MR) is 131 cm³/mol. The van der Waals surface area contributed by atoms with Crippen LogP contribution in [0.25, 0.3) is 0 Å². The molecule has 4 N–H and O–H groups in total. The van der Waals surface area contributed by atoms with Gasteiger partial charge in [-0.25, -0.2) is 0 Å². The molecule has 1 amide bonds. The summed E-state index contributed by atoms with van der Waals surface area (Å²) in [6.07, 6.45) is 1.24. The Morgan fingerprint density at radius 1 is 1.06 bits per heavy atom. The van der Waals surface area contributed by atoms with Gasteiger partial charge in [-0.05, 0) is 39.8 Å². The zero-order valence-electron chi connectivity index (χ0n) is 20.3. The highest BCUT2D eigenvalue weighted by Gasteiger charge is 2.56. The second-order valence-electron chi connectivity index (χ2n) is 8.98. The highest BCUT2D eigenvalue weighted by Crippen LogP contribution is 2.57. The van der Waals surface area contributed by atoms with E-state index >= 15 is 0 Å². The molecule has 2 aliphatic rings. The first-order valence-electron chi connectivity index (χ1n) is 11.4. The Labute approximate surface area is 207 Å². The van der Waals surface area contributed by atoms with Gasteiger partial charge in [-0.3, -0.25) is 19.2 Å². The van der Waals surface area contributed by atoms with Crippen LogP contribution in [0.4, 0.5) is 5.69 Å². The van der Waals surface area contributed by atoms with Crippen molar-refractivity contribution >= 4 is 28.9 Å². The summed E-state index contributed by atoms with van der Waals surface area (Å²) in [5, 5.41) is 27.0. The molecular formula is C27H26N2O7. The van der Waals surface area contributed by atoms with E-state index in [1.54, 1.807) is 31.2 Å². The SMILES string of the molecule is CC(=O)c1c(O)c(C)c(O)c2c1OC1=CC(=O)/C(=C(/C)NCCC(=O)Nc3ccccc3)C(=O)[C@]12C. The quantitative estimate of drug-likeness (QED) is 0.275. The Hall–Kier alpha value is -4.40. The first-order chi connectivity index (χ1) is 17.0. The lowest BCUT2D eigenvalue weighted by Crippen LogP contribution is -2.41. The number of ketones is 3. The third kappa shape index (κ3) is 3.82. The van der Waals surface area contributed by atoms with Crippen LogP contribution in [0.2, 0.25) is 0 Å². The van der Waals surface area contributed by atoms with Crippen LogP contribution in [0.5, 0.6) is 17.2 Å².